The Kier molecular flexibility index (Phi) is 3.97. The van der Waals surface area contributed by atoms with E-state index in [-0.39, 0.29) is 16.3 Å². The zero-order valence-corrected chi connectivity index (χ0v) is 12.9. The SMILES string of the molecule is N#Cc1cnn(-c2ccccn2)c1NS(=O)(=O)c1ccc(F)cc1. The van der Waals surface area contributed by atoms with Crippen molar-refractivity contribution < 1.29 is 12.8 Å². The molecule has 3 aromatic rings. The summed E-state index contributed by atoms with van der Waals surface area (Å²) in [4.78, 5) is 3.94. The van der Waals surface area contributed by atoms with E-state index >= 15 is 0 Å². The third kappa shape index (κ3) is 2.95. The number of nitrogens with zero attached hydrogens (tertiary/aromatic N) is 4. The van der Waals surface area contributed by atoms with Crippen LogP contribution in [0.4, 0.5) is 10.2 Å². The first-order valence-corrected chi connectivity index (χ1v) is 8.17. The highest BCUT2D eigenvalue weighted by atomic mass is 32.2. The molecule has 120 valence electrons. The molecule has 3 rings (SSSR count). The highest BCUT2D eigenvalue weighted by molar-refractivity contribution is 7.92. The van der Waals surface area contributed by atoms with Gasteiger partial charge in [-0.3, -0.25) is 4.72 Å². The molecule has 7 nitrogen and oxygen atoms in total. The Morgan fingerprint density at radius 3 is 2.54 bits per heavy atom. The van der Waals surface area contributed by atoms with E-state index in [9.17, 15) is 18.1 Å². The zero-order valence-electron chi connectivity index (χ0n) is 12.1. The summed E-state index contributed by atoms with van der Waals surface area (Å²) < 4.78 is 41.4. The second kappa shape index (κ2) is 6.10. The molecule has 0 saturated heterocycles. The molecule has 2 aromatic heterocycles. The first-order chi connectivity index (χ1) is 11.5. The van der Waals surface area contributed by atoms with Crippen LogP contribution < -0.4 is 4.72 Å². The fourth-order valence-corrected chi connectivity index (χ4v) is 3.04. The third-order valence-corrected chi connectivity index (χ3v) is 4.47. The standard InChI is InChI=1S/C15H10FN5O2S/c16-12-4-6-13(7-5-12)24(22,23)20-15-11(9-17)10-19-21(15)14-3-1-2-8-18-14/h1-8,10,20H. The Balaban J connectivity index is 2.05. The number of aromatic nitrogens is 3. The lowest BCUT2D eigenvalue weighted by Gasteiger charge is -2.10. The number of rotatable bonds is 4. The van der Waals surface area contributed by atoms with Gasteiger partial charge < -0.3 is 0 Å². The van der Waals surface area contributed by atoms with Gasteiger partial charge in [-0.05, 0) is 36.4 Å². The minimum Gasteiger partial charge on any atom is -0.262 e. The summed E-state index contributed by atoms with van der Waals surface area (Å²) in [6.07, 6.45) is 2.75. The smallest absolute Gasteiger partial charge is 0.262 e. The van der Waals surface area contributed by atoms with Gasteiger partial charge in [-0.2, -0.15) is 15.0 Å². The maximum atomic E-state index is 13.0. The summed E-state index contributed by atoms with van der Waals surface area (Å²) >= 11 is 0. The molecule has 0 aliphatic carbocycles. The lowest BCUT2D eigenvalue weighted by atomic mass is 10.3. The van der Waals surface area contributed by atoms with Gasteiger partial charge in [0.1, 0.15) is 17.4 Å². The van der Waals surface area contributed by atoms with Crippen molar-refractivity contribution in [2.75, 3.05) is 4.72 Å². The molecule has 0 atom stereocenters. The summed E-state index contributed by atoms with van der Waals surface area (Å²) in [7, 11) is -4.02. The van der Waals surface area contributed by atoms with Crippen LogP contribution in [0.25, 0.3) is 5.82 Å². The molecule has 0 bridgehead atoms. The largest absolute Gasteiger partial charge is 0.263 e. The van der Waals surface area contributed by atoms with E-state index in [0.29, 0.717) is 5.82 Å². The van der Waals surface area contributed by atoms with E-state index < -0.39 is 15.8 Å². The van der Waals surface area contributed by atoms with Gasteiger partial charge in [0.25, 0.3) is 10.0 Å². The van der Waals surface area contributed by atoms with Crippen LogP contribution in [0.2, 0.25) is 0 Å². The summed E-state index contributed by atoms with van der Waals surface area (Å²) in [5, 5.41) is 13.2. The van der Waals surface area contributed by atoms with Gasteiger partial charge in [-0.1, -0.05) is 6.07 Å². The first kappa shape index (κ1) is 15.6. The molecular formula is C15H10FN5O2S. The number of hydrogen-bond donors (Lipinski definition) is 1. The van der Waals surface area contributed by atoms with Gasteiger partial charge >= 0.3 is 0 Å². The Labute approximate surface area is 137 Å². The maximum absolute atomic E-state index is 13.0. The van der Waals surface area contributed by atoms with Crippen molar-refractivity contribution in [3.63, 3.8) is 0 Å². The van der Waals surface area contributed by atoms with Gasteiger partial charge in [0.15, 0.2) is 11.6 Å². The lowest BCUT2D eigenvalue weighted by Crippen LogP contribution is -2.17. The van der Waals surface area contributed by atoms with Crippen LogP contribution in [-0.2, 0) is 10.0 Å². The molecule has 9 heteroatoms. The topological polar surface area (TPSA) is 101 Å². The minimum atomic E-state index is -4.02. The van der Waals surface area contributed by atoms with E-state index in [1.165, 1.54) is 17.1 Å². The number of nitriles is 1. The molecule has 0 spiro atoms. The Bertz CT molecular complexity index is 1010. The van der Waals surface area contributed by atoms with E-state index in [0.717, 1.165) is 24.3 Å². The van der Waals surface area contributed by atoms with Crippen LogP contribution in [0.3, 0.4) is 0 Å². The molecule has 24 heavy (non-hydrogen) atoms. The second-order valence-electron chi connectivity index (χ2n) is 4.68. The van der Waals surface area contributed by atoms with Gasteiger partial charge in [-0.15, -0.1) is 0 Å². The summed E-state index contributed by atoms with van der Waals surface area (Å²) in [5.74, 6) is -0.249. The van der Waals surface area contributed by atoms with Crippen LogP contribution in [0.15, 0.2) is 59.8 Å². The van der Waals surface area contributed by atoms with Crippen LogP contribution in [0, 0.1) is 17.1 Å². The molecule has 1 N–H and O–H groups in total. The summed E-state index contributed by atoms with van der Waals surface area (Å²) in [5.41, 5.74) is 0.0336. The molecule has 0 amide bonds. The number of sulfonamides is 1. The normalized spacial score (nSPS) is 11.0. The van der Waals surface area contributed by atoms with Crippen molar-refractivity contribution in [3.8, 4) is 11.9 Å². The van der Waals surface area contributed by atoms with Gasteiger partial charge in [0, 0.05) is 6.20 Å². The van der Waals surface area contributed by atoms with Crippen LogP contribution in [0.1, 0.15) is 5.56 Å². The highest BCUT2D eigenvalue weighted by Crippen LogP contribution is 2.22. The fraction of sp³-hybridized carbons (Fsp3) is 0. The zero-order chi connectivity index (χ0) is 17.2. The van der Waals surface area contributed by atoms with Crippen molar-refractivity contribution >= 4 is 15.8 Å². The van der Waals surface area contributed by atoms with Crippen molar-refractivity contribution in [2.45, 2.75) is 4.90 Å². The van der Waals surface area contributed by atoms with Gasteiger partial charge in [-0.25, -0.2) is 17.8 Å². The van der Waals surface area contributed by atoms with E-state index in [4.69, 9.17) is 0 Å². The summed E-state index contributed by atoms with van der Waals surface area (Å²) in [6, 6.07) is 11.2. The van der Waals surface area contributed by atoms with Crippen molar-refractivity contribution in [1.29, 1.82) is 5.26 Å². The average molecular weight is 343 g/mol. The quantitative estimate of drug-likeness (QED) is 0.781. The first-order valence-electron chi connectivity index (χ1n) is 6.69. The molecule has 0 aliphatic rings. The Morgan fingerprint density at radius 1 is 1.17 bits per heavy atom. The number of anilines is 1. The molecule has 0 fully saturated rings. The summed E-state index contributed by atoms with van der Waals surface area (Å²) in [6.45, 7) is 0. The Morgan fingerprint density at radius 2 is 1.92 bits per heavy atom. The van der Waals surface area contributed by atoms with Gasteiger partial charge in [0.05, 0.1) is 11.1 Å². The number of benzene rings is 1. The van der Waals surface area contributed by atoms with Crippen molar-refractivity contribution in [1.82, 2.24) is 14.8 Å². The number of hydrogen-bond acceptors (Lipinski definition) is 5. The molecular weight excluding hydrogens is 333 g/mol. The highest BCUT2D eigenvalue weighted by Gasteiger charge is 2.21. The average Bonchev–Trinajstić information content (AvgIpc) is 2.98. The third-order valence-electron chi connectivity index (χ3n) is 3.11. The number of halogens is 1. The second-order valence-corrected chi connectivity index (χ2v) is 6.36. The molecule has 1 aromatic carbocycles. The molecule has 2 heterocycles. The van der Waals surface area contributed by atoms with Crippen LogP contribution >= 0.6 is 0 Å². The fourth-order valence-electron chi connectivity index (χ4n) is 1.98. The van der Waals surface area contributed by atoms with E-state index in [1.54, 1.807) is 18.2 Å². The predicted octanol–water partition coefficient (Wildman–Crippen LogP) is 2.08. The predicted molar refractivity (Wildman–Crippen MR) is 83.3 cm³/mol. The van der Waals surface area contributed by atoms with E-state index in [1.807, 2.05) is 6.07 Å². The monoisotopic (exact) mass is 343 g/mol. The van der Waals surface area contributed by atoms with Crippen molar-refractivity contribution in [2.24, 2.45) is 0 Å². The van der Waals surface area contributed by atoms with Crippen LogP contribution in [0.5, 0.6) is 0 Å². The minimum absolute atomic E-state index is 0.0336. The van der Waals surface area contributed by atoms with Crippen LogP contribution in [-0.4, -0.2) is 23.2 Å². The number of pyridine rings is 1. The molecule has 0 saturated carbocycles. The maximum Gasteiger partial charge on any atom is 0.263 e. The van der Waals surface area contributed by atoms with E-state index in [2.05, 4.69) is 14.8 Å². The molecule has 0 radical (unpaired) electrons. The van der Waals surface area contributed by atoms with Gasteiger partial charge in [0.2, 0.25) is 0 Å². The van der Waals surface area contributed by atoms with Crippen molar-refractivity contribution in [3.05, 3.63) is 66.2 Å². The number of nitrogens with one attached hydrogen (secondary N) is 1. The lowest BCUT2D eigenvalue weighted by molar-refractivity contribution is 0.599. The molecule has 0 aliphatic heterocycles. The Hall–Kier alpha value is -3.25. The molecule has 0 unspecified atom stereocenters.